The predicted molar refractivity (Wildman–Crippen MR) is 51.7 cm³/mol. The van der Waals surface area contributed by atoms with Crippen molar-refractivity contribution in [2.75, 3.05) is 6.54 Å². The lowest BCUT2D eigenvalue weighted by atomic mass is 10.1. The molecule has 1 nitrogen and oxygen atoms in total. The second kappa shape index (κ2) is 5.36. The van der Waals surface area contributed by atoms with Crippen molar-refractivity contribution in [2.24, 2.45) is 5.92 Å². The van der Waals surface area contributed by atoms with E-state index in [1.165, 1.54) is 12.0 Å². The molecule has 1 unspecified atom stereocenters. The molecule has 0 aromatic rings. The van der Waals surface area contributed by atoms with Crippen LogP contribution in [0, 0.1) is 5.92 Å². The zero-order valence-electron chi connectivity index (χ0n) is 8.28. The smallest absolute Gasteiger partial charge is 0.0161 e. The number of hydrogen-bond acceptors (Lipinski definition) is 1. The van der Waals surface area contributed by atoms with Gasteiger partial charge in [-0.15, -0.1) is 0 Å². The molecule has 0 aliphatic rings. The third kappa shape index (κ3) is 7.60. The maximum atomic E-state index is 3.84. The van der Waals surface area contributed by atoms with Crippen LogP contribution in [0.4, 0.5) is 0 Å². The summed E-state index contributed by atoms with van der Waals surface area (Å²) >= 11 is 0. The van der Waals surface area contributed by atoms with E-state index in [9.17, 15) is 0 Å². The van der Waals surface area contributed by atoms with Crippen LogP contribution in [-0.4, -0.2) is 12.6 Å². The monoisotopic (exact) mass is 155 g/mol. The first-order valence-electron chi connectivity index (χ1n) is 4.40. The number of rotatable bonds is 5. The lowest BCUT2D eigenvalue weighted by Gasteiger charge is -2.15. The molecule has 1 atom stereocenters. The summed E-state index contributed by atoms with van der Waals surface area (Å²) in [5.74, 6) is 0.780. The van der Waals surface area contributed by atoms with Gasteiger partial charge in [0.15, 0.2) is 0 Å². The zero-order chi connectivity index (χ0) is 8.85. The Morgan fingerprint density at radius 2 is 1.91 bits per heavy atom. The van der Waals surface area contributed by atoms with Gasteiger partial charge in [-0.1, -0.05) is 26.0 Å². The van der Waals surface area contributed by atoms with E-state index in [0.717, 1.165) is 12.5 Å². The van der Waals surface area contributed by atoms with Crippen LogP contribution >= 0.6 is 0 Å². The standard InChI is InChI=1S/C10H21N/c1-8(2)6-10(5)11-7-9(3)4/h8,10-11H,3,6-7H2,1-2,4-5H3. The molecule has 0 heterocycles. The second-order valence-corrected chi connectivity index (χ2v) is 3.87. The normalized spacial score (nSPS) is 13.5. The molecule has 1 N–H and O–H groups in total. The van der Waals surface area contributed by atoms with Crippen LogP contribution in [0.15, 0.2) is 12.2 Å². The summed E-state index contributed by atoms with van der Waals surface area (Å²) in [6.45, 7) is 13.6. The maximum absolute atomic E-state index is 3.84. The van der Waals surface area contributed by atoms with Gasteiger partial charge >= 0.3 is 0 Å². The molecule has 0 bridgehead atoms. The largest absolute Gasteiger partial charge is 0.311 e. The van der Waals surface area contributed by atoms with Gasteiger partial charge in [0.2, 0.25) is 0 Å². The Labute approximate surface area is 70.9 Å². The lowest BCUT2D eigenvalue weighted by molar-refractivity contribution is 0.454. The molecule has 0 saturated heterocycles. The Balaban J connectivity index is 3.37. The van der Waals surface area contributed by atoms with Crippen LogP contribution < -0.4 is 5.32 Å². The van der Waals surface area contributed by atoms with Gasteiger partial charge < -0.3 is 5.32 Å². The molecule has 11 heavy (non-hydrogen) atoms. The molecule has 1 heteroatoms. The van der Waals surface area contributed by atoms with Crippen molar-refractivity contribution >= 4 is 0 Å². The molecule has 0 fully saturated rings. The topological polar surface area (TPSA) is 12.0 Å². The van der Waals surface area contributed by atoms with Gasteiger partial charge in [-0.3, -0.25) is 0 Å². The number of hydrogen-bond donors (Lipinski definition) is 1. The summed E-state index contributed by atoms with van der Waals surface area (Å²) in [6.07, 6.45) is 1.24. The predicted octanol–water partition coefficient (Wildman–Crippen LogP) is 2.59. The molecule has 0 amide bonds. The Morgan fingerprint density at radius 3 is 2.27 bits per heavy atom. The van der Waals surface area contributed by atoms with Gasteiger partial charge in [0, 0.05) is 12.6 Å². The summed E-state index contributed by atoms with van der Waals surface area (Å²) < 4.78 is 0. The van der Waals surface area contributed by atoms with Crippen LogP contribution in [0.1, 0.15) is 34.1 Å². The second-order valence-electron chi connectivity index (χ2n) is 3.87. The fraction of sp³-hybridized carbons (Fsp3) is 0.800. The molecule has 0 aliphatic heterocycles. The van der Waals surface area contributed by atoms with Crippen LogP contribution in [-0.2, 0) is 0 Å². The SMILES string of the molecule is C=C(C)CNC(C)CC(C)C. The first-order valence-corrected chi connectivity index (χ1v) is 4.40. The third-order valence-electron chi connectivity index (χ3n) is 1.58. The van der Waals surface area contributed by atoms with Gasteiger partial charge in [0.25, 0.3) is 0 Å². The van der Waals surface area contributed by atoms with E-state index in [1.54, 1.807) is 0 Å². The molecule has 0 aliphatic carbocycles. The van der Waals surface area contributed by atoms with E-state index in [0.29, 0.717) is 6.04 Å². The summed E-state index contributed by atoms with van der Waals surface area (Å²) in [4.78, 5) is 0. The van der Waals surface area contributed by atoms with E-state index in [4.69, 9.17) is 0 Å². The quantitative estimate of drug-likeness (QED) is 0.602. The third-order valence-corrected chi connectivity index (χ3v) is 1.58. The summed E-state index contributed by atoms with van der Waals surface area (Å²) in [6, 6.07) is 0.617. The number of nitrogens with one attached hydrogen (secondary N) is 1. The fourth-order valence-electron chi connectivity index (χ4n) is 1.14. The van der Waals surface area contributed by atoms with Crippen LogP contribution in [0.5, 0.6) is 0 Å². The van der Waals surface area contributed by atoms with Crippen LogP contribution in [0.2, 0.25) is 0 Å². The average molecular weight is 155 g/mol. The molecule has 0 rings (SSSR count). The van der Waals surface area contributed by atoms with Crippen molar-refractivity contribution in [1.82, 2.24) is 5.32 Å². The van der Waals surface area contributed by atoms with E-state index in [1.807, 2.05) is 0 Å². The molecule has 0 radical (unpaired) electrons. The Hall–Kier alpha value is -0.300. The van der Waals surface area contributed by atoms with E-state index >= 15 is 0 Å². The summed E-state index contributed by atoms with van der Waals surface area (Å²) in [5.41, 5.74) is 1.21. The van der Waals surface area contributed by atoms with Gasteiger partial charge in [-0.25, -0.2) is 0 Å². The maximum Gasteiger partial charge on any atom is 0.0161 e. The van der Waals surface area contributed by atoms with Crippen molar-refractivity contribution in [3.05, 3.63) is 12.2 Å². The Bertz CT molecular complexity index is 116. The average Bonchev–Trinajstić information content (AvgIpc) is 1.82. The minimum Gasteiger partial charge on any atom is -0.311 e. The van der Waals surface area contributed by atoms with Gasteiger partial charge in [0.1, 0.15) is 0 Å². The van der Waals surface area contributed by atoms with E-state index in [2.05, 4.69) is 39.6 Å². The van der Waals surface area contributed by atoms with Gasteiger partial charge in [0.05, 0.1) is 0 Å². The molecule has 0 saturated carbocycles. The lowest BCUT2D eigenvalue weighted by Crippen LogP contribution is -2.28. The minimum atomic E-state index is 0.617. The first kappa shape index (κ1) is 10.7. The highest BCUT2D eigenvalue weighted by atomic mass is 14.9. The molecule has 0 aromatic carbocycles. The molecular formula is C10H21N. The first-order chi connectivity index (χ1) is 5.02. The summed E-state index contributed by atoms with van der Waals surface area (Å²) in [5, 5.41) is 3.41. The zero-order valence-corrected chi connectivity index (χ0v) is 8.28. The summed E-state index contributed by atoms with van der Waals surface area (Å²) in [7, 11) is 0. The van der Waals surface area contributed by atoms with Gasteiger partial charge in [-0.2, -0.15) is 0 Å². The Kier molecular flexibility index (Phi) is 5.22. The molecule has 66 valence electrons. The fourth-order valence-corrected chi connectivity index (χ4v) is 1.14. The molecule has 0 spiro atoms. The van der Waals surface area contributed by atoms with Crippen molar-refractivity contribution in [2.45, 2.75) is 40.2 Å². The molecular weight excluding hydrogens is 134 g/mol. The minimum absolute atomic E-state index is 0.617. The highest BCUT2D eigenvalue weighted by Gasteiger charge is 2.02. The van der Waals surface area contributed by atoms with E-state index < -0.39 is 0 Å². The van der Waals surface area contributed by atoms with Crippen molar-refractivity contribution in [3.63, 3.8) is 0 Å². The highest BCUT2D eigenvalue weighted by Crippen LogP contribution is 2.03. The van der Waals surface area contributed by atoms with Crippen LogP contribution in [0.3, 0.4) is 0 Å². The van der Waals surface area contributed by atoms with Crippen molar-refractivity contribution in [1.29, 1.82) is 0 Å². The van der Waals surface area contributed by atoms with Gasteiger partial charge in [-0.05, 0) is 26.2 Å². The van der Waals surface area contributed by atoms with E-state index in [-0.39, 0.29) is 0 Å². The van der Waals surface area contributed by atoms with Crippen molar-refractivity contribution < 1.29 is 0 Å². The highest BCUT2D eigenvalue weighted by molar-refractivity contribution is 4.91. The Morgan fingerprint density at radius 1 is 1.36 bits per heavy atom. The van der Waals surface area contributed by atoms with Crippen LogP contribution in [0.25, 0.3) is 0 Å². The van der Waals surface area contributed by atoms with Crippen molar-refractivity contribution in [3.8, 4) is 0 Å². The molecule has 0 aromatic heterocycles.